The Morgan fingerprint density at radius 3 is 3.00 bits per heavy atom. The molecule has 0 aromatic rings. The summed E-state index contributed by atoms with van der Waals surface area (Å²) in [5, 5.41) is 0. The number of allylic oxidation sites excluding steroid dienone is 2. The molecule has 0 aromatic heterocycles. The summed E-state index contributed by atoms with van der Waals surface area (Å²) >= 11 is 0. The van der Waals surface area contributed by atoms with Gasteiger partial charge in [-0.05, 0) is 37.7 Å². The van der Waals surface area contributed by atoms with Crippen LogP contribution in [0.3, 0.4) is 0 Å². The molecule has 1 saturated carbocycles. The highest BCUT2D eigenvalue weighted by molar-refractivity contribution is 5.95. The van der Waals surface area contributed by atoms with E-state index in [4.69, 9.17) is 0 Å². The van der Waals surface area contributed by atoms with Crippen LogP contribution < -0.4 is 0 Å². The SMILES string of the molecule is CCC1C(=O)C=C2CCCCCC21. The van der Waals surface area contributed by atoms with Crippen LogP contribution >= 0.6 is 0 Å². The van der Waals surface area contributed by atoms with Crippen molar-refractivity contribution in [3.05, 3.63) is 11.6 Å². The van der Waals surface area contributed by atoms with E-state index in [9.17, 15) is 4.79 Å². The molecule has 0 saturated heterocycles. The van der Waals surface area contributed by atoms with Gasteiger partial charge in [-0.25, -0.2) is 0 Å². The van der Waals surface area contributed by atoms with Crippen molar-refractivity contribution in [3.8, 4) is 0 Å². The molecule has 1 nitrogen and oxygen atoms in total. The zero-order chi connectivity index (χ0) is 9.26. The van der Waals surface area contributed by atoms with E-state index in [2.05, 4.69) is 6.92 Å². The van der Waals surface area contributed by atoms with E-state index >= 15 is 0 Å². The first-order valence-corrected chi connectivity index (χ1v) is 5.57. The van der Waals surface area contributed by atoms with Crippen molar-refractivity contribution >= 4 is 5.78 Å². The summed E-state index contributed by atoms with van der Waals surface area (Å²) in [7, 11) is 0. The van der Waals surface area contributed by atoms with Gasteiger partial charge >= 0.3 is 0 Å². The van der Waals surface area contributed by atoms with Gasteiger partial charge in [-0.1, -0.05) is 25.3 Å². The van der Waals surface area contributed by atoms with Crippen LogP contribution in [0.15, 0.2) is 11.6 Å². The quantitative estimate of drug-likeness (QED) is 0.603. The van der Waals surface area contributed by atoms with Gasteiger partial charge < -0.3 is 0 Å². The Morgan fingerprint density at radius 2 is 2.23 bits per heavy atom. The number of ketones is 1. The molecule has 72 valence electrons. The lowest BCUT2D eigenvalue weighted by Gasteiger charge is -2.18. The van der Waals surface area contributed by atoms with Crippen LogP contribution in [0.25, 0.3) is 0 Å². The molecular formula is C12H18O. The fourth-order valence-corrected chi connectivity index (χ4v) is 2.85. The highest BCUT2D eigenvalue weighted by Gasteiger charge is 2.34. The van der Waals surface area contributed by atoms with E-state index in [1.165, 1.54) is 37.7 Å². The van der Waals surface area contributed by atoms with Gasteiger partial charge in [-0.3, -0.25) is 4.79 Å². The predicted octanol–water partition coefficient (Wildman–Crippen LogP) is 3.10. The molecule has 2 aliphatic rings. The van der Waals surface area contributed by atoms with E-state index in [1.54, 1.807) is 0 Å². The fraction of sp³-hybridized carbons (Fsp3) is 0.750. The topological polar surface area (TPSA) is 17.1 Å². The second-order valence-electron chi connectivity index (χ2n) is 4.34. The molecule has 0 spiro atoms. The summed E-state index contributed by atoms with van der Waals surface area (Å²) in [6.45, 7) is 2.14. The smallest absolute Gasteiger partial charge is 0.159 e. The number of hydrogen-bond donors (Lipinski definition) is 0. The Balaban J connectivity index is 2.18. The minimum Gasteiger partial charge on any atom is -0.295 e. The fourth-order valence-electron chi connectivity index (χ4n) is 2.85. The predicted molar refractivity (Wildman–Crippen MR) is 53.4 cm³/mol. The molecule has 0 N–H and O–H groups in total. The van der Waals surface area contributed by atoms with Gasteiger partial charge in [0.15, 0.2) is 5.78 Å². The first-order chi connectivity index (χ1) is 6.33. The summed E-state index contributed by atoms with van der Waals surface area (Å²) in [5.41, 5.74) is 1.47. The molecule has 13 heavy (non-hydrogen) atoms. The molecule has 0 heterocycles. The Bertz CT molecular complexity index is 240. The van der Waals surface area contributed by atoms with E-state index in [-0.39, 0.29) is 0 Å². The van der Waals surface area contributed by atoms with Gasteiger partial charge in [0.05, 0.1) is 0 Å². The second-order valence-corrected chi connectivity index (χ2v) is 4.34. The van der Waals surface area contributed by atoms with Gasteiger partial charge in [0.2, 0.25) is 0 Å². The lowest BCUT2D eigenvalue weighted by molar-refractivity contribution is -0.118. The standard InChI is InChI=1S/C12H18O/c1-2-10-11-7-5-3-4-6-9(11)8-12(10)13/h8,10-11H,2-7H2,1H3. The minimum absolute atomic E-state index is 0.341. The zero-order valence-corrected chi connectivity index (χ0v) is 8.38. The molecule has 1 fully saturated rings. The number of carbonyl (C=O) groups excluding carboxylic acids is 1. The molecule has 1 heteroatoms. The van der Waals surface area contributed by atoms with Crippen molar-refractivity contribution in [1.29, 1.82) is 0 Å². The number of rotatable bonds is 1. The largest absolute Gasteiger partial charge is 0.295 e. The molecule has 0 amide bonds. The molecule has 0 aromatic carbocycles. The van der Waals surface area contributed by atoms with Crippen molar-refractivity contribution in [2.24, 2.45) is 11.8 Å². The first kappa shape index (κ1) is 8.98. The number of carbonyl (C=O) groups is 1. The molecule has 0 bridgehead atoms. The second kappa shape index (κ2) is 3.65. The summed E-state index contributed by atoms with van der Waals surface area (Å²) in [6, 6.07) is 0. The van der Waals surface area contributed by atoms with Crippen molar-refractivity contribution in [1.82, 2.24) is 0 Å². The highest BCUT2D eigenvalue weighted by atomic mass is 16.1. The van der Waals surface area contributed by atoms with E-state index in [1.807, 2.05) is 6.08 Å². The third kappa shape index (κ3) is 1.56. The van der Waals surface area contributed by atoms with Crippen LogP contribution in [0, 0.1) is 11.8 Å². The van der Waals surface area contributed by atoms with Crippen LogP contribution in [0.1, 0.15) is 45.4 Å². The lowest BCUT2D eigenvalue weighted by atomic mass is 9.85. The molecule has 2 aliphatic carbocycles. The van der Waals surface area contributed by atoms with Crippen molar-refractivity contribution < 1.29 is 4.79 Å². The van der Waals surface area contributed by atoms with Crippen LogP contribution in [0.5, 0.6) is 0 Å². The van der Waals surface area contributed by atoms with Gasteiger partial charge in [-0.15, -0.1) is 0 Å². The monoisotopic (exact) mass is 178 g/mol. The lowest BCUT2D eigenvalue weighted by Crippen LogP contribution is -2.15. The van der Waals surface area contributed by atoms with Crippen molar-refractivity contribution in [2.75, 3.05) is 0 Å². The molecule has 0 radical (unpaired) electrons. The average Bonchev–Trinajstić information content (AvgIpc) is 2.32. The molecule has 2 unspecified atom stereocenters. The van der Waals surface area contributed by atoms with Crippen LogP contribution in [-0.4, -0.2) is 5.78 Å². The molecular weight excluding hydrogens is 160 g/mol. The Hall–Kier alpha value is -0.590. The van der Waals surface area contributed by atoms with Crippen molar-refractivity contribution in [2.45, 2.75) is 45.4 Å². The van der Waals surface area contributed by atoms with Gasteiger partial charge in [0.1, 0.15) is 0 Å². The van der Waals surface area contributed by atoms with Crippen molar-refractivity contribution in [3.63, 3.8) is 0 Å². The Morgan fingerprint density at radius 1 is 1.38 bits per heavy atom. The minimum atomic E-state index is 0.341. The summed E-state index contributed by atoms with van der Waals surface area (Å²) < 4.78 is 0. The first-order valence-electron chi connectivity index (χ1n) is 5.57. The number of hydrogen-bond acceptors (Lipinski definition) is 1. The van der Waals surface area contributed by atoms with E-state index in [0.717, 1.165) is 6.42 Å². The van der Waals surface area contributed by atoms with Gasteiger partial charge in [0, 0.05) is 5.92 Å². The van der Waals surface area contributed by atoms with Gasteiger partial charge in [0.25, 0.3) is 0 Å². The van der Waals surface area contributed by atoms with E-state index in [0.29, 0.717) is 17.6 Å². The Labute approximate surface area is 80.2 Å². The normalized spacial score (nSPS) is 33.9. The zero-order valence-electron chi connectivity index (χ0n) is 8.38. The summed E-state index contributed by atoms with van der Waals surface area (Å²) in [6.07, 6.45) is 9.41. The molecule has 0 aliphatic heterocycles. The summed E-state index contributed by atoms with van der Waals surface area (Å²) in [4.78, 5) is 11.6. The maximum atomic E-state index is 11.6. The van der Waals surface area contributed by atoms with Crippen LogP contribution in [0.2, 0.25) is 0 Å². The molecule has 2 atom stereocenters. The number of fused-ring (bicyclic) bond motifs is 1. The third-order valence-corrected chi connectivity index (χ3v) is 3.58. The van der Waals surface area contributed by atoms with E-state index < -0.39 is 0 Å². The molecule has 2 rings (SSSR count). The third-order valence-electron chi connectivity index (χ3n) is 3.58. The Kier molecular flexibility index (Phi) is 2.52. The highest BCUT2D eigenvalue weighted by Crippen LogP contribution is 2.40. The van der Waals surface area contributed by atoms with Crippen LogP contribution in [0.4, 0.5) is 0 Å². The maximum absolute atomic E-state index is 11.6. The van der Waals surface area contributed by atoms with Crippen LogP contribution in [-0.2, 0) is 4.79 Å². The summed E-state index contributed by atoms with van der Waals surface area (Å²) in [5.74, 6) is 1.37. The van der Waals surface area contributed by atoms with Gasteiger partial charge in [-0.2, -0.15) is 0 Å². The maximum Gasteiger partial charge on any atom is 0.159 e. The average molecular weight is 178 g/mol.